The van der Waals surface area contributed by atoms with E-state index in [2.05, 4.69) is 5.32 Å². The number of hydrogen-bond donors (Lipinski definition) is 1. The molecule has 3 rings (SSSR count). The van der Waals surface area contributed by atoms with E-state index >= 15 is 0 Å². The molecule has 0 heterocycles. The van der Waals surface area contributed by atoms with Gasteiger partial charge in [0.1, 0.15) is 0 Å². The molecule has 1 amide bonds. The van der Waals surface area contributed by atoms with Gasteiger partial charge in [-0.25, -0.2) is 0 Å². The van der Waals surface area contributed by atoms with Crippen LogP contribution < -0.4 is 5.32 Å². The van der Waals surface area contributed by atoms with Crippen molar-refractivity contribution >= 4 is 23.2 Å². The molecule has 0 radical (unpaired) electrons. The zero-order valence-corrected chi connectivity index (χ0v) is 12.5. The Bertz CT molecular complexity index is 782. The lowest BCUT2D eigenvalue weighted by Gasteiger charge is -2.08. The van der Waals surface area contributed by atoms with Gasteiger partial charge >= 0.3 is 0 Å². The summed E-state index contributed by atoms with van der Waals surface area (Å²) in [6.07, 6.45) is 0. The predicted octanol–water partition coefficient (Wildman–Crippen LogP) is 5.26. The van der Waals surface area contributed by atoms with Crippen LogP contribution in [-0.4, -0.2) is 5.91 Å². The molecular formula is C19H14ClNO. The molecule has 0 spiro atoms. The Morgan fingerprint density at radius 3 is 2.00 bits per heavy atom. The first-order valence-electron chi connectivity index (χ1n) is 6.95. The van der Waals surface area contributed by atoms with E-state index < -0.39 is 0 Å². The lowest BCUT2D eigenvalue weighted by atomic mass is 10.0. The van der Waals surface area contributed by atoms with Gasteiger partial charge in [-0.15, -0.1) is 0 Å². The van der Waals surface area contributed by atoms with Gasteiger partial charge < -0.3 is 5.32 Å². The number of rotatable bonds is 3. The smallest absolute Gasteiger partial charge is 0.255 e. The molecule has 0 bridgehead atoms. The van der Waals surface area contributed by atoms with Gasteiger partial charge in [-0.05, 0) is 35.4 Å². The quantitative estimate of drug-likeness (QED) is 0.702. The van der Waals surface area contributed by atoms with E-state index in [1.165, 1.54) is 0 Å². The molecule has 3 heteroatoms. The second-order valence-corrected chi connectivity index (χ2v) is 5.28. The van der Waals surface area contributed by atoms with Gasteiger partial charge in [-0.2, -0.15) is 0 Å². The van der Waals surface area contributed by atoms with Crippen LogP contribution in [0.4, 0.5) is 5.69 Å². The molecule has 0 aliphatic rings. The summed E-state index contributed by atoms with van der Waals surface area (Å²) >= 11 is 6.05. The van der Waals surface area contributed by atoms with Gasteiger partial charge in [0.25, 0.3) is 5.91 Å². The van der Waals surface area contributed by atoms with Gasteiger partial charge in [0.15, 0.2) is 0 Å². The first kappa shape index (κ1) is 14.4. The number of anilines is 1. The number of benzene rings is 3. The summed E-state index contributed by atoms with van der Waals surface area (Å²) < 4.78 is 0. The van der Waals surface area contributed by atoms with Crippen molar-refractivity contribution in [3.63, 3.8) is 0 Å². The average molecular weight is 308 g/mol. The van der Waals surface area contributed by atoms with Crippen LogP contribution in [0.1, 0.15) is 10.4 Å². The minimum Gasteiger partial charge on any atom is -0.321 e. The summed E-state index contributed by atoms with van der Waals surface area (Å²) in [7, 11) is 0. The van der Waals surface area contributed by atoms with E-state index in [1.54, 1.807) is 12.1 Å². The van der Waals surface area contributed by atoms with Gasteiger partial charge in [0.2, 0.25) is 0 Å². The molecule has 0 unspecified atom stereocenters. The van der Waals surface area contributed by atoms with Crippen molar-refractivity contribution in [2.45, 2.75) is 0 Å². The average Bonchev–Trinajstić information content (AvgIpc) is 2.58. The van der Waals surface area contributed by atoms with Crippen LogP contribution >= 0.6 is 11.6 Å². The second-order valence-electron chi connectivity index (χ2n) is 4.88. The molecule has 0 fully saturated rings. The van der Waals surface area contributed by atoms with Crippen molar-refractivity contribution in [3.8, 4) is 11.1 Å². The van der Waals surface area contributed by atoms with Gasteiger partial charge in [-0.1, -0.05) is 66.2 Å². The summed E-state index contributed by atoms with van der Waals surface area (Å²) in [6.45, 7) is 0. The molecule has 0 aliphatic heterocycles. The normalized spacial score (nSPS) is 10.2. The minimum atomic E-state index is -0.173. The molecule has 108 valence electrons. The van der Waals surface area contributed by atoms with E-state index in [-0.39, 0.29) is 5.91 Å². The zero-order valence-electron chi connectivity index (χ0n) is 11.8. The Labute approximate surface area is 134 Å². The maximum Gasteiger partial charge on any atom is 0.255 e. The third-order valence-electron chi connectivity index (χ3n) is 3.38. The first-order chi connectivity index (χ1) is 10.7. The minimum absolute atomic E-state index is 0.173. The third kappa shape index (κ3) is 3.18. The maximum absolute atomic E-state index is 12.2. The number of carbonyl (C=O) groups excluding carboxylic acids is 1. The lowest BCUT2D eigenvalue weighted by Crippen LogP contribution is -2.11. The summed E-state index contributed by atoms with van der Waals surface area (Å²) in [5.74, 6) is -0.173. The van der Waals surface area contributed by atoms with E-state index in [9.17, 15) is 4.79 Å². The topological polar surface area (TPSA) is 29.1 Å². The molecule has 3 aromatic rings. The molecule has 0 aromatic heterocycles. The number of carbonyl (C=O) groups is 1. The fourth-order valence-corrected chi connectivity index (χ4v) is 2.38. The van der Waals surface area contributed by atoms with Crippen LogP contribution in [0, 0.1) is 0 Å². The van der Waals surface area contributed by atoms with E-state index in [4.69, 9.17) is 11.6 Å². The summed E-state index contributed by atoms with van der Waals surface area (Å²) in [4.78, 5) is 12.2. The van der Waals surface area contributed by atoms with Crippen LogP contribution in [0.25, 0.3) is 11.1 Å². The monoisotopic (exact) mass is 307 g/mol. The first-order valence-corrected chi connectivity index (χ1v) is 7.33. The highest BCUT2D eigenvalue weighted by Gasteiger charge is 2.08. The van der Waals surface area contributed by atoms with Crippen molar-refractivity contribution in [1.82, 2.24) is 0 Å². The number of nitrogens with one attached hydrogen (secondary N) is 1. The zero-order chi connectivity index (χ0) is 15.4. The second kappa shape index (κ2) is 6.46. The number of amides is 1. The highest BCUT2D eigenvalue weighted by atomic mass is 35.5. The van der Waals surface area contributed by atoms with Gasteiger partial charge in [0, 0.05) is 5.56 Å². The van der Waals surface area contributed by atoms with Crippen LogP contribution in [0.15, 0.2) is 78.9 Å². The van der Waals surface area contributed by atoms with Gasteiger partial charge in [-0.3, -0.25) is 4.79 Å². The standard InChI is InChI=1S/C19H14ClNO/c20-17-8-4-5-9-18(17)21-19(22)16-12-10-15(11-13-16)14-6-2-1-3-7-14/h1-13H,(H,21,22). The highest BCUT2D eigenvalue weighted by molar-refractivity contribution is 6.33. The molecule has 1 N–H and O–H groups in total. The SMILES string of the molecule is O=C(Nc1ccccc1Cl)c1ccc(-c2ccccc2)cc1. The third-order valence-corrected chi connectivity index (χ3v) is 3.71. The van der Waals surface area contributed by atoms with Crippen molar-refractivity contribution in [3.05, 3.63) is 89.4 Å². The Hall–Kier alpha value is -2.58. The van der Waals surface area contributed by atoms with Crippen LogP contribution in [0.2, 0.25) is 5.02 Å². The Morgan fingerprint density at radius 1 is 0.727 bits per heavy atom. The van der Waals surface area contributed by atoms with Crippen LogP contribution in [0.3, 0.4) is 0 Å². The van der Waals surface area contributed by atoms with E-state index in [0.29, 0.717) is 16.3 Å². The Kier molecular flexibility index (Phi) is 4.22. The van der Waals surface area contributed by atoms with E-state index in [0.717, 1.165) is 11.1 Å². The van der Waals surface area contributed by atoms with Crippen LogP contribution in [-0.2, 0) is 0 Å². The molecule has 0 atom stereocenters. The number of hydrogen-bond acceptors (Lipinski definition) is 1. The van der Waals surface area contributed by atoms with Crippen molar-refractivity contribution < 1.29 is 4.79 Å². The largest absolute Gasteiger partial charge is 0.321 e. The molecule has 3 aromatic carbocycles. The molecule has 0 saturated carbocycles. The Morgan fingerprint density at radius 2 is 1.32 bits per heavy atom. The summed E-state index contributed by atoms with van der Waals surface area (Å²) in [5.41, 5.74) is 3.41. The Balaban J connectivity index is 1.78. The molecule has 2 nitrogen and oxygen atoms in total. The predicted molar refractivity (Wildman–Crippen MR) is 91.3 cm³/mol. The molecule has 0 saturated heterocycles. The van der Waals surface area contributed by atoms with Crippen molar-refractivity contribution in [2.24, 2.45) is 0 Å². The lowest BCUT2D eigenvalue weighted by molar-refractivity contribution is 0.102. The van der Waals surface area contributed by atoms with E-state index in [1.807, 2.05) is 66.7 Å². The maximum atomic E-state index is 12.2. The van der Waals surface area contributed by atoms with Crippen molar-refractivity contribution in [2.75, 3.05) is 5.32 Å². The summed E-state index contributed by atoms with van der Waals surface area (Å²) in [5, 5.41) is 3.34. The van der Waals surface area contributed by atoms with Crippen LogP contribution in [0.5, 0.6) is 0 Å². The molecular weight excluding hydrogens is 294 g/mol. The van der Waals surface area contributed by atoms with Crippen molar-refractivity contribution in [1.29, 1.82) is 0 Å². The molecule has 22 heavy (non-hydrogen) atoms. The number of halogens is 1. The fraction of sp³-hybridized carbons (Fsp3) is 0. The fourth-order valence-electron chi connectivity index (χ4n) is 2.20. The molecule has 0 aliphatic carbocycles. The summed E-state index contributed by atoms with van der Waals surface area (Å²) in [6, 6.07) is 24.7. The van der Waals surface area contributed by atoms with Gasteiger partial charge in [0.05, 0.1) is 10.7 Å². The highest BCUT2D eigenvalue weighted by Crippen LogP contribution is 2.22. The number of para-hydroxylation sites is 1.